The SMILES string of the molecule is COc1cccc(NC(=S)N(CCN2CCOCC2)Cc2ccccc2F)c1. The molecule has 0 aliphatic carbocycles. The van der Waals surface area contributed by atoms with Gasteiger partial charge < -0.3 is 19.7 Å². The van der Waals surface area contributed by atoms with Crippen LogP contribution in [0.2, 0.25) is 0 Å². The van der Waals surface area contributed by atoms with Crippen molar-refractivity contribution in [2.45, 2.75) is 6.54 Å². The number of ether oxygens (including phenoxy) is 2. The van der Waals surface area contributed by atoms with Crippen LogP contribution in [0.1, 0.15) is 5.56 Å². The summed E-state index contributed by atoms with van der Waals surface area (Å²) in [5.74, 6) is 0.532. The van der Waals surface area contributed by atoms with Crippen molar-refractivity contribution in [3.63, 3.8) is 0 Å². The molecule has 1 fully saturated rings. The molecule has 2 aromatic rings. The number of rotatable bonds is 7. The van der Waals surface area contributed by atoms with E-state index in [-0.39, 0.29) is 5.82 Å². The number of methoxy groups -OCH3 is 1. The van der Waals surface area contributed by atoms with E-state index in [9.17, 15) is 4.39 Å². The standard InChI is InChI=1S/C21H26FN3O2S/c1-26-19-7-4-6-18(15-19)23-21(28)25(10-9-24-11-13-27-14-12-24)16-17-5-2-3-8-20(17)22/h2-8,15H,9-14,16H2,1H3,(H,23,28). The Morgan fingerprint density at radius 3 is 2.75 bits per heavy atom. The van der Waals surface area contributed by atoms with Crippen LogP contribution in [0.4, 0.5) is 10.1 Å². The van der Waals surface area contributed by atoms with Gasteiger partial charge in [0, 0.05) is 50.0 Å². The smallest absolute Gasteiger partial charge is 0.173 e. The number of nitrogens with zero attached hydrogens (tertiary/aromatic N) is 2. The Labute approximate surface area is 171 Å². The van der Waals surface area contributed by atoms with Gasteiger partial charge in [-0.05, 0) is 30.4 Å². The number of hydrogen-bond donors (Lipinski definition) is 1. The molecule has 1 heterocycles. The highest BCUT2D eigenvalue weighted by molar-refractivity contribution is 7.80. The second-order valence-electron chi connectivity index (χ2n) is 6.63. The van der Waals surface area contributed by atoms with Gasteiger partial charge >= 0.3 is 0 Å². The Balaban J connectivity index is 1.69. The predicted octanol–water partition coefficient (Wildman–Crippen LogP) is 3.37. The third-order valence-electron chi connectivity index (χ3n) is 4.72. The molecule has 0 bridgehead atoms. The van der Waals surface area contributed by atoms with Crippen molar-refractivity contribution >= 4 is 23.0 Å². The third-order valence-corrected chi connectivity index (χ3v) is 5.08. The molecule has 2 aromatic carbocycles. The van der Waals surface area contributed by atoms with E-state index in [0.29, 0.717) is 23.8 Å². The Kier molecular flexibility index (Phi) is 7.59. The van der Waals surface area contributed by atoms with Crippen LogP contribution in [0.5, 0.6) is 5.75 Å². The highest BCUT2D eigenvalue weighted by atomic mass is 32.1. The Morgan fingerprint density at radius 1 is 1.21 bits per heavy atom. The summed E-state index contributed by atoms with van der Waals surface area (Å²) in [5, 5.41) is 3.82. The molecule has 0 aromatic heterocycles. The van der Waals surface area contributed by atoms with Gasteiger partial charge in [0.2, 0.25) is 0 Å². The maximum absolute atomic E-state index is 14.2. The normalized spacial score (nSPS) is 14.5. The van der Waals surface area contributed by atoms with Crippen molar-refractivity contribution < 1.29 is 13.9 Å². The zero-order valence-corrected chi connectivity index (χ0v) is 16.9. The van der Waals surface area contributed by atoms with E-state index >= 15 is 0 Å². The van der Waals surface area contributed by atoms with Crippen LogP contribution in [0, 0.1) is 5.82 Å². The summed E-state index contributed by atoms with van der Waals surface area (Å²) in [6, 6.07) is 14.4. The molecule has 7 heteroatoms. The first kappa shape index (κ1) is 20.5. The molecule has 0 unspecified atom stereocenters. The monoisotopic (exact) mass is 403 g/mol. The quantitative estimate of drug-likeness (QED) is 0.715. The van der Waals surface area contributed by atoms with Crippen LogP contribution in [-0.2, 0) is 11.3 Å². The number of benzene rings is 2. The Morgan fingerprint density at radius 2 is 2.00 bits per heavy atom. The zero-order valence-electron chi connectivity index (χ0n) is 16.1. The summed E-state index contributed by atoms with van der Waals surface area (Å²) in [7, 11) is 1.63. The molecular weight excluding hydrogens is 377 g/mol. The van der Waals surface area contributed by atoms with Crippen LogP contribution < -0.4 is 10.1 Å². The fourth-order valence-electron chi connectivity index (χ4n) is 3.07. The van der Waals surface area contributed by atoms with E-state index in [0.717, 1.165) is 44.3 Å². The van der Waals surface area contributed by atoms with Gasteiger partial charge in [-0.1, -0.05) is 24.3 Å². The van der Waals surface area contributed by atoms with E-state index in [1.54, 1.807) is 19.2 Å². The number of halogens is 1. The average Bonchev–Trinajstić information content (AvgIpc) is 2.73. The second-order valence-corrected chi connectivity index (χ2v) is 7.02. The third kappa shape index (κ3) is 5.89. The van der Waals surface area contributed by atoms with E-state index in [1.165, 1.54) is 6.07 Å². The van der Waals surface area contributed by atoms with Crippen LogP contribution >= 0.6 is 12.2 Å². The highest BCUT2D eigenvalue weighted by Gasteiger charge is 2.16. The van der Waals surface area contributed by atoms with Crippen LogP contribution in [0.3, 0.4) is 0 Å². The van der Waals surface area contributed by atoms with Crippen molar-refractivity contribution in [1.29, 1.82) is 0 Å². The molecule has 28 heavy (non-hydrogen) atoms. The molecule has 0 amide bonds. The van der Waals surface area contributed by atoms with Gasteiger partial charge in [-0.2, -0.15) is 0 Å². The molecule has 0 atom stereocenters. The highest BCUT2D eigenvalue weighted by Crippen LogP contribution is 2.18. The average molecular weight is 404 g/mol. The molecule has 1 saturated heterocycles. The first-order valence-corrected chi connectivity index (χ1v) is 9.80. The summed E-state index contributed by atoms with van der Waals surface area (Å²) in [5.41, 5.74) is 1.47. The lowest BCUT2D eigenvalue weighted by atomic mass is 10.2. The lowest BCUT2D eigenvalue weighted by molar-refractivity contribution is 0.0358. The number of thiocarbonyl (C=S) groups is 1. The number of morpholine rings is 1. The van der Waals surface area contributed by atoms with Gasteiger partial charge in [0.25, 0.3) is 0 Å². The first-order chi connectivity index (χ1) is 13.7. The van der Waals surface area contributed by atoms with Gasteiger partial charge in [0.15, 0.2) is 5.11 Å². The predicted molar refractivity (Wildman–Crippen MR) is 113 cm³/mol. The minimum Gasteiger partial charge on any atom is -0.497 e. The van der Waals surface area contributed by atoms with Gasteiger partial charge in [-0.25, -0.2) is 4.39 Å². The number of nitrogens with one attached hydrogen (secondary N) is 1. The van der Waals surface area contributed by atoms with E-state index in [4.69, 9.17) is 21.7 Å². The van der Waals surface area contributed by atoms with Crippen molar-refractivity contribution in [3.05, 3.63) is 59.9 Å². The van der Waals surface area contributed by atoms with Crippen molar-refractivity contribution in [2.24, 2.45) is 0 Å². The molecular formula is C21H26FN3O2S. The van der Waals surface area contributed by atoms with E-state index in [1.807, 2.05) is 35.2 Å². The molecule has 150 valence electrons. The maximum atomic E-state index is 14.2. The summed E-state index contributed by atoms with van der Waals surface area (Å²) in [4.78, 5) is 4.34. The van der Waals surface area contributed by atoms with Crippen LogP contribution in [0.15, 0.2) is 48.5 Å². The second kappa shape index (κ2) is 10.4. The fourth-order valence-corrected chi connectivity index (χ4v) is 3.35. The summed E-state index contributed by atoms with van der Waals surface area (Å²) in [6.07, 6.45) is 0. The van der Waals surface area contributed by atoms with Crippen LogP contribution in [0.25, 0.3) is 0 Å². The van der Waals surface area contributed by atoms with Gasteiger partial charge in [0.05, 0.1) is 20.3 Å². The van der Waals surface area contributed by atoms with E-state index < -0.39 is 0 Å². The van der Waals surface area contributed by atoms with Gasteiger partial charge in [-0.15, -0.1) is 0 Å². The molecule has 0 radical (unpaired) electrons. The molecule has 0 saturated carbocycles. The minimum atomic E-state index is -0.219. The van der Waals surface area contributed by atoms with Gasteiger partial charge in [-0.3, -0.25) is 4.90 Å². The van der Waals surface area contributed by atoms with Crippen LogP contribution in [-0.4, -0.2) is 61.4 Å². The molecule has 5 nitrogen and oxygen atoms in total. The number of anilines is 1. The first-order valence-electron chi connectivity index (χ1n) is 9.39. The summed E-state index contributed by atoms with van der Waals surface area (Å²) >= 11 is 5.65. The zero-order chi connectivity index (χ0) is 19.8. The molecule has 1 aliphatic heterocycles. The minimum absolute atomic E-state index is 0.219. The molecule has 0 spiro atoms. The summed E-state index contributed by atoms with van der Waals surface area (Å²) < 4.78 is 24.9. The van der Waals surface area contributed by atoms with Crippen molar-refractivity contribution in [2.75, 3.05) is 51.8 Å². The number of hydrogen-bond acceptors (Lipinski definition) is 4. The Hall–Kier alpha value is -2.22. The lowest BCUT2D eigenvalue weighted by Gasteiger charge is -2.31. The Bertz CT molecular complexity index is 784. The maximum Gasteiger partial charge on any atom is 0.173 e. The molecule has 3 rings (SSSR count). The van der Waals surface area contributed by atoms with Crippen molar-refractivity contribution in [3.8, 4) is 5.75 Å². The van der Waals surface area contributed by atoms with Crippen molar-refractivity contribution in [1.82, 2.24) is 9.80 Å². The van der Waals surface area contributed by atoms with Gasteiger partial charge in [0.1, 0.15) is 11.6 Å². The molecule has 1 N–H and O–H groups in total. The largest absolute Gasteiger partial charge is 0.497 e. The molecule has 1 aliphatic rings. The lowest BCUT2D eigenvalue weighted by Crippen LogP contribution is -2.44. The summed E-state index contributed by atoms with van der Waals surface area (Å²) in [6.45, 7) is 5.27. The fraction of sp³-hybridized carbons (Fsp3) is 0.381. The topological polar surface area (TPSA) is 37.0 Å². The van der Waals surface area contributed by atoms with E-state index in [2.05, 4.69) is 10.2 Å².